The van der Waals surface area contributed by atoms with E-state index >= 15 is 0 Å². The number of hydrogen-bond acceptors (Lipinski definition) is 5. The Hall–Kier alpha value is -2.24. The minimum Gasteiger partial charge on any atom is -0.492 e. The van der Waals surface area contributed by atoms with Gasteiger partial charge >= 0.3 is 5.97 Å². The summed E-state index contributed by atoms with van der Waals surface area (Å²) >= 11 is 6.41. The van der Waals surface area contributed by atoms with E-state index < -0.39 is 0 Å². The zero-order chi connectivity index (χ0) is 24.0. The van der Waals surface area contributed by atoms with Crippen LogP contribution in [0.1, 0.15) is 62.6 Å². The monoisotopic (exact) mass is 485 g/mol. The second-order valence-electron chi connectivity index (χ2n) is 9.41. The SMILES string of the molecule is CCCCOC(=O)CCN1CCC2(CC1)COc1cc(OCc3c(Cl)cccc3CC)ccc12. The van der Waals surface area contributed by atoms with E-state index in [0.717, 1.165) is 73.8 Å². The van der Waals surface area contributed by atoms with Crippen LogP contribution in [0, 0.1) is 0 Å². The van der Waals surface area contributed by atoms with Crippen LogP contribution in [0.15, 0.2) is 36.4 Å². The second-order valence-corrected chi connectivity index (χ2v) is 9.82. The van der Waals surface area contributed by atoms with E-state index in [1.54, 1.807) is 0 Å². The Labute approximate surface area is 208 Å². The average Bonchev–Trinajstić information content (AvgIpc) is 3.20. The molecule has 0 radical (unpaired) electrons. The minimum atomic E-state index is -0.0846. The van der Waals surface area contributed by atoms with E-state index in [1.807, 2.05) is 18.2 Å². The number of unbranched alkanes of at least 4 members (excludes halogenated alkanes) is 1. The molecule has 0 atom stereocenters. The van der Waals surface area contributed by atoms with Crippen molar-refractivity contribution in [1.29, 1.82) is 0 Å². The van der Waals surface area contributed by atoms with Crippen molar-refractivity contribution in [2.75, 3.05) is 32.8 Å². The summed E-state index contributed by atoms with van der Waals surface area (Å²) in [6, 6.07) is 12.2. The number of nitrogens with zero attached hydrogens (tertiary/aromatic N) is 1. The summed E-state index contributed by atoms with van der Waals surface area (Å²) in [5, 5.41) is 0.747. The number of hydrogen-bond donors (Lipinski definition) is 0. The molecule has 34 heavy (non-hydrogen) atoms. The highest BCUT2D eigenvalue weighted by molar-refractivity contribution is 6.31. The van der Waals surface area contributed by atoms with E-state index in [-0.39, 0.29) is 11.4 Å². The summed E-state index contributed by atoms with van der Waals surface area (Å²) in [7, 11) is 0. The van der Waals surface area contributed by atoms with Crippen LogP contribution in [0.2, 0.25) is 5.02 Å². The summed E-state index contributed by atoms with van der Waals surface area (Å²) in [4.78, 5) is 14.3. The maximum absolute atomic E-state index is 11.9. The van der Waals surface area contributed by atoms with E-state index in [2.05, 4.69) is 36.9 Å². The molecule has 0 N–H and O–H groups in total. The van der Waals surface area contributed by atoms with E-state index in [9.17, 15) is 4.79 Å². The average molecular weight is 486 g/mol. The van der Waals surface area contributed by atoms with Crippen molar-refractivity contribution < 1.29 is 19.0 Å². The first kappa shape index (κ1) is 24.9. The number of ether oxygens (including phenoxy) is 3. The molecule has 2 heterocycles. The minimum absolute atomic E-state index is 0.0596. The molecule has 0 aliphatic carbocycles. The third kappa shape index (κ3) is 5.69. The lowest BCUT2D eigenvalue weighted by Crippen LogP contribution is -2.44. The molecule has 1 spiro atoms. The van der Waals surface area contributed by atoms with Gasteiger partial charge in [-0.2, -0.15) is 0 Å². The highest BCUT2D eigenvalue weighted by atomic mass is 35.5. The number of piperidine rings is 1. The van der Waals surface area contributed by atoms with Crippen molar-refractivity contribution in [3.05, 3.63) is 58.1 Å². The standard InChI is InChI=1S/C28H36ClNO4/c1-3-5-17-32-27(31)11-14-30-15-12-28(13-16-30)20-34-26-18-22(9-10-24(26)28)33-19-23-21(4-2)7-6-8-25(23)29/h6-10,18H,3-5,11-17,19-20H2,1-2H3. The number of esters is 1. The number of carbonyl (C=O) groups is 1. The number of likely N-dealkylation sites (tertiary alicyclic amines) is 1. The fourth-order valence-corrected chi connectivity index (χ4v) is 5.21. The van der Waals surface area contributed by atoms with E-state index in [0.29, 0.717) is 26.2 Å². The predicted molar refractivity (Wildman–Crippen MR) is 135 cm³/mol. The molecule has 0 saturated carbocycles. The Bertz CT molecular complexity index is 984. The van der Waals surface area contributed by atoms with Gasteiger partial charge in [0.25, 0.3) is 0 Å². The third-order valence-electron chi connectivity index (χ3n) is 7.21. The van der Waals surface area contributed by atoms with E-state index in [4.69, 9.17) is 25.8 Å². The quantitative estimate of drug-likeness (QED) is 0.308. The van der Waals surface area contributed by atoms with Gasteiger partial charge in [-0.15, -0.1) is 0 Å². The Kier molecular flexibility index (Phi) is 8.38. The molecule has 184 valence electrons. The summed E-state index contributed by atoms with van der Waals surface area (Å²) in [5.74, 6) is 1.65. The van der Waals surface area contributed by atoms with E-state index in [1.165, 1.54) is 11.1 Å². The van der Waals surface area contributed by atoms with Gasteiger partial charge in [0.15, 0.2) is 0 Å². The number of fused-ring (bicyclic) bond motifs is 2. The third-order valence-corrected chi connectivity index (χ3v) is 7.57. The van der Waals surface area contributed by atoms with Crippen LogP contribution in [0.4, 0.5) is 0 Å². The van der Waals surface area contributed by atoms with Crippen LogP contribution in [0.3, 0.4) is 0 Å². The van der Waals surface area contributed by atoms with Gasteiger partial charge in [-0.3, -0.25) is 4.79 Å². The highest BCUT2D eigenvalue weighted by Gasteiger charge is 2.43. The normalized spacial score (nSPS) is 16.8. The molecule has 0 bridgehead atoms. The molecular weight excluding hydrogens is 450 g/mol. The van der Waals surface area contributed by atoms with Gasteiger partial charge in [0, 0.05) is 34.2 Å². The zero-order valence-corrected chi connectivity index (χ0v) is 21.2. The highest BCUT2D eigenvalue weighted by Crippen LogP contribution is 2.46. The van der Waals surface area contributed by atoms with Crippen molar-refractivity contribution >= 4 is 17.6 Å². The maximum Gasteiger partial charge on any atom is 0.307 e. The summed E-state index contributed by atoms with van der Waals surface area (Å²) in [5.41, 5.74) is 3.60. The van der Waals surface area contributed by atoms with Gasteiger partial charge < -0.3 is 19.1 Å². The van der Waals surface area contributed by atoms with Crippen molar-refractivity contribution in [2.24, 2.45) is 0 Å². The lowest BCUT2D eigenvalue weighted by molar-refractivity contribution is -0.144. The molecule has 1 fully saturated rings. The van der Waals surface area contributed by atoms with Gasteiger partial charge in [0.05, 0.1) is 19.6 Å². The fraction of sp³-hybridized carbons (Fsp3) is 0.536. The van der Waals surface area contributed by atoms with Crippen molar-refractivity contribution in [3.8, 4) is 11.5 Å². The van der Waals surface area contributed by atoms with Gasteiger partial charge in [0.1, 0.15) is 18.1 Å². The Morgan fingerprint density at radius 2 is 2.00 bits per heavy atom. The maximum atomic E-state index is 11.9. The van der Waals surface area contributed by atoms with Crippen LogP contribution >= 0.6 is 11.6 Å². The topological polar surface area (TPSA) is 48.0 Å². The summed E-state index contributed by atoms with van der Waals surface area (Å²) in [6.07, 6.45) is 5.43. The van der Waals surface area contributed by atoms with Crippen LogP contribution in [-0.4, -0.2) is 43.7 Å². The summed E-state index contributed by atoms with van der Waals surface area (Å²) in [6.45, 7) is 8.62. The van der Waals surface area contributed by atoms with Crippen molar-refractivity contribution in [3.63, 3.8) is 0 Å². The van der Waals surface area contributed by atoms with Gasteiger partial charge in [-0.1, -0.05) is 50.1 Å². The molecule has 2 aromatic rings. The Morgan fingerprint density at radius 3 is 2.76 bits per heavy atom. The van der Waals surface area contributed by atoms with Crippen LogP contribution in [-0.2, 0) is 28.0 Å². The molecule has 4 rings (SSSR count). The van der Waals surface area contributed by atoms with Crippen molar-refractivity contribution in [2.45, 2.75) is 64.4 Å². The number of benzene rings is 2. The van der Waals surface area contributed by atoms with Crippen LogP contribution in [0.25, 0.3) is 0 Å². The lowest BCUT2D eigenvalue weighted by atomic mass is 9.74. The Balaban J connectivity index is 1.31. The van der Waals surface area contributed by atoms with Crippen LogP contribution in [0.5, 0.6) is 11.5 Å². The first-order chi connectivity index (χ1) is 16.5. The predicted octanol–water partition coefficient (Wildman–Crippen LogP) is 5.94. The first-order valence-corrected chi connectivity index (χ1v) is 13.0. The molecule has 6 heteroatoms. The smallest absolute Gasteiger partial charge is 0.307 e. The van der Waals surface area contributed by atoms with Gasteiger partial charge in [-0.25, -0.2) is 0 Å². The fourth-order valence-electron chi connectivity index (χ4n) is 4.97. The number of aryl methyl sites for hydroxylation is 1. The second kappa shape index (κ2) is 11.5. The first-order valence-electron chi connectivity index (χ1n) is 12.6. The number of halogens is 1. The molecule has 0 unspecified atom stereocenters. The molecular formula is C28H36ClNO4. The summed E-state index contributed by atoms with van der Waals surface area (Å²) < 4.78 is 17.5. The molecule has 1 saturated heterocycles. The lowest BCUT2D eigenvalue weighted by Gasteiger charge is -2.38. The largest absolute Gasteiger partial charge is 0.492 e. The number of carbonyl (C=O) groups excluding carboxylic acids is 1. The molecule has 5 nitrogen and oxygen atoms in total. The molecule has 0 aromatic heterocycles. The number of rotatable bonds is 10. The molecule has 2 aliphatic rings. The molecule has 0 amide bonds. The molecule has 2 aliphatic heterocycles. The van der Waals surface area contributed by atoms with Gasteiger partial charge in [-0.05, 0) is 56.5 Å². The van der Waals surface area contributed by atoms with Gasteiger partial charge in [0.2, 0.25) is 0 Å². The zero-order valence-electron chi connectivity index (χ0n) is 20.4. The van der Waals surface area contributed by atoms with Crippen molar-refractivity contribution in [1.82, 2.24) is 4.90 Å². The Morgan fingerprint density at radius 1 is 1.18 bits per heavy atom. The van der Waals surface area contributed by atoms with Crippen LogP contribution < -0.4 is 9.47 Å². The molecule has 2 aromatic carbocycles.